The van der Waals surface area contributed by atoms with E-state index >= 15 is 0 Å². The van der Waals surface area contributed by atoms with Crippen LogP contribution in [-0.2, 0) is 13.2 Å². The van der Waals surface area contributed by atoms with E-state index in [0.717, 1.165) is 49.1 Å². The lowest BCUT2D eigenvalue weighted by Crippen LogP contribution is -2.47. The van der Waals surface area contributed by atoms with Gasteiger partial charge in [-0.25, -0.2) is 0 Å². The minimum atomic E-state index is -4.33. The maximum absolute atomic E-state index is 13.0. The molecular weight excluding hydrogens is 453 g/mol. The molecule has 186 valence electrons. The van der Waals surface area contributed by atoms with Crippen molar-refractivity contribution in [1.82, 2.24) is 14.8 Å². The highest BCUT2D eigenvalue weighted by Gasteiger charge is 2.31. The van der Waals surface area contributed by atoms with Gasteiger partial charge in [0.2, 0.25) is 0 Å². The number of amides is 1. The van der Waals surface area contributed by atoms with Crippen molar-refractivity contribution < 1.29 is 18.0 Å². The van der Waals surface area contributed by atoms with E-state index in [1.54, 1.807) is 6.07 Å². The third-order valence-corrected chi connectivity index (χ3v) is 6.70. The molecule has 1 amide bonds. The van der Waals surface area contributed by atoms with Crippen LogP contribution in [0, 0.1) is 6.92 Å². The lowest BCUT2D eigenvalue weighted by atomic mass is 10.1. The molecule has 0 atom stereocenters. The van der Waals surface area contributed by atoms with Crippen molar-refractivity contribution in [2.45, 2.75) is 19.5 Å². The highest BCUT2D eigenvalue weighted by molar-refractivity contribution is 5.97. The van der Waals surface area contributed by atoms with Gasteiger partial charge in [0.05, 0.1) is 11.1 Å². The monoisotopic (exact) mass is 484 g/mol. The number of benzene rings is 2. The number of hydrogen-bond acceptors (Lipinski definition) is 3. The van der Waals surface area contributed by atoms with Crippen molar-refractivity contribution >= 4 is 11.6 Å². The average Bonchev–Trinajstić information content (AvgIpc) is 3.16. The minimum Gasteiger partial charge on any atom is -0.369 e. The number of carbonyl (C=O) groups is 1. The third kappa shape index (κ3) is 5.88. The summed E-state index contributed by atoms with van der Waals surface area (Å²) < 4.78 is 41.0. The van der Waals surface area contributed by atoms with Gasteiger partial charge in [0.1, 0.15) is 0 Å². The molecule has 1 aliphatic heterocycles. The summed E-state index contributed by atoms with van der Waals surface area (Å²) in [6, 6.07) is 17.5. The standard InChI is InChI=1S/C27H31F3N4O/c1-20-24(19-25(32(20)2)21-8-4-3-5-9-21)26(35)31-12-7-13-33-14-16-34(17-15-33)23-11-6-10-22(18-23)27(28,29)30/h3-6,8-11,18-19H,7,12-17H2,1-2H3,(H,31,35). The summed E-state index contributed by atoms with van der Waals surface area (Å²) in [5, 5.41) is 3.03. The molecule has 0 spiro atoms. The first-order valence-electron chi connectivity index (χ1n) is 11.9. The van der Waals surface area contributed by atoms with Crippen LogP contribution in [0.25, 0.3) is 11.3 Å². The topological polar surface area (TPSA) is 40.5 Å². The van der Waals surface area contributed by atoms with Crippen LogP contribution in [0.2, 0.25) is 0 Å². The maximum atomic E-state index is 13.0. The first kappa shape index (κ1) is 24.9. The van der Waals surface area contributed by atoms with Gasteiger partial charge in [0.25, 0.3) is 5.91 Å². The molecule has 0 bridgehead atoms. The van der Waals surface area contributed by atoms with Gasteiger partial charge in [0, 0.05) is 56.8 Å². The van der Waals surface area contributed by atoms with E-state index in [4.69, 9.17) is 0 Å². The van der Waals surface area contributed by atoms with Crippen LogP contribution < -0.4 is 10.2 Å². The number of rotatable bonds is 7. The lowest BCUT2D eigenvalue weighted by Gasteiger charge is -2.36. The number of alkyl halides is 3. The molecule has 2 aromatic carbocycles. The Balaban J connectivity index is 1.23. The minimum absolute atomic E-state index is 0.0744. The summed E-state index contributed by atoms with van der Waals surface area (Å²) in [4.78, 5) is 17.1. The fraction of sp³-hybridized carbons (Fsp3) is 0.370. The van der Waals surface area contributed by atoms with Crippen LogP contribution in [0.15, 0.2) is 60.7 Å². The number of nitrogens with one attached hydrogen (secondary N) is 1. The molecule has 3 aromatic rings. The van der Waals surface area contributed by atoms with Crippen LogP contribution in [0.1, 0.15) is 28.0 Å². The first-order chi connectivity index (χ1) is 16.7. The van der Waals surface area contributed by atoms with Gasteiger partial charge in [-0.15, -0.1) is 0 Å². The van der Waals surface area contributed by atoms with Crippen LogP contribution in [0.4, 0.5) is 18.9 Å². The number of halogens is 3. The number of hydrogen-bond donors (Lipinski definition) is 1. The number of carbonyl (C=O) groups excluding carboxylic acids is 1. The van der Waals surface area contributed by atoms with Gasteiger partial charge in [-0.3, -0.25) is 9.69 Å². The predicted molar refractivity (Wildman–Crippen MR) is 133 cm³/mol. The molecular formula is C27H31F3N4O. The van der Waals surface area contributed by atoms with E-state index in [9.17, 15) is 18.0 Å². The Bertz CT molecular complexity index is 1150. The second-order valence-corrected chi connectivity index (χ2v) is 8.94. The second-order valence-electron chi connectivity index (χ2n) is 8.94. The third-order valence-electron chi connectivity index (χ3n) is 6.70. The smallest absolute Gasteiger partial charge is 0.369 e. The molecule has 0 radical (unpaired) electrons. The van der Waals surface area contributed by atoms with Crippen LogP contribution in [0.3, 0.4) is 0 Å². The fourth-order valence-electron chi connectivity index (χ4n) is 4.52. The Kier molecular flexibility index (Phi) is 7.50. The molecule has 0 aliphatic carbocycles. The van der Waals surface area contributed by atoms with Gasteiger partial charge in [-0.05, 0) is 49.7 Å². The Morgan fingerprint density at radius 3 is 2.37 bits per heavy atom. The van der Waals surface area contributed by atoms with Crippen molar-refractivity contribution in [3.05, 3.63) is 77.5 Å². The lowest BCUT2D eigenvalue weighted by molar-refractivity contribution is -0.137. The van der Waals surface area contributed by atoms with E-state index in [1.807, 2.05) is 59.8 Å². The van der Waals surface area contributed by atoms with Crippen molar-refractivity contribution in [2.75, 3.05) is 44.2 Å². The van der Waals surface area contributed by atoms with Gasteiger partial charge >= 0.3 is 6.18 Å². The zero-order valence-corrected chi connectivity index (χ0v) is 20.1. The van der Waals surface area contributed by atoms with Crippen molar-refractivity contribution in [2.24, 2.45) is 7.05 Å². The van der Waals surface area contributed by atoms with Crippen molar-refractivity contribution in [3.8, 4) is 11.3 Å². The molecule has 8 heteroatoms. The highest BCUT2D eigenvalue weighted by Crippen LogP contribution is 2.32. The van der Waals surface area contributed by atoms with Gasteiger partial charge in [0.15, 0.2) is 0 Å². The Hall–Kier alpha value is -3.26. The Morgan fingerprint density at radius 1 is 0.971 bits per heavy atom. The summed E-state index contributed by atoms with van der Waals surface area (Å²) in [6.07, 6.45) is -3.52. The van der Waals surface area contributed by atoms with Crippen molar-refractivity contribution in [3.63, 3.8) is 0 Å². The zero-order valence-electron chi connectivity index (χ0n) is 20.1. The Morgan fingerprint density at radius 2 is 1.69 bits per heavy atom. The normalized spacial score (nSPS) is 14.8. The second kappa shape index (κ2) is 10.6. The average molecular weight is 485 g/mol. The summed E-state index contributed by atoms with van der Waals surface area (Å²) in [5.41, 5.74) is 3.68. The quantitative estimate of drug-likeness (QED) is 0.482. The maximum Gasteiger partial charge on any atom is 0.416 e. The van der Waals surface area contributed by atoms with Crippen LogP contribution >= 0.6 is 0 Å². The molecule has 35 heavy (non-hydrogen) atoms. The fourth-order valence-corrected chi connectivity index (χ4v) is 4.52. The van der Waals surface area contributed by atoms with E-state index in [1.165, 1.54) is 12.1 Å². The molecule has 0 unspecified atom stereocenters. The van der Waals surface area contributed by atoms with E-state index in [0.29, 0.717) is 30.9 Å². The van der Waals surface area contributed by atoms with E-state index in [2.05, 4.69) is 10.2 Å². The van der Waals surface area contributed by atoms with Gasteiger partial charge in [-0.2, -0.15) is 13.2 Å². The zero-order chi connectivity index (χ0) is 25.0. The SMILES string of the molecule is Cc1c(C(=O)NCCCN2CCN(c3cccc(C(F)(F)F)c3)CC2)cc(-c2ccccc2)n1C. The number of aromatic nitrogens is 1. The van der Waals surface area contributed by atoms with Gasteiger partial charge < -0.3 is 14.8 Å². The summed E-state index contributed by atoms with van der Waals surface area (Å²) in [5.74, 6) is -0.0744. The van der Waals surface area contributed by atoms with Gasteiger partial charge in [-0.1, -0.05) is 36.4 Å². The number of piperazine rings is 1. The summed E-state index contributed by atoms with van der Waals surface area (Å²) in [6.45, 7) is 6.27. The summed E-state index contributed by atoms with van der Waals surface area (Å²) in [7, 11) is 1.97. The molecule has 0 saturated carbocycles. The van der Waals surface area contributed by atoms with Crippen LogP contribution in [-0.4, -0.2) is 54.6 Å². The molecule has 1 aromatic heterocycles. The van der Waals surface area contributed by atoms with Crippen molar-refractivity contribution in [1.29, 1.82) is 0 Å². The molecule has 5 nitrogen and oxygen atoms in total. The highest BCUT2D eigenvalue weighted by atomic mass is 19.4. The molecule has 2 heterocycles. The van der Waals surface area contributed by atoms with E-state index in [-0.39, 0.29) is 5.91 Å². The number of nitrogens with zero attached hydrogens (tertiary/aromatic N) is 3. The predicted octanol–water partition coefficient (Wildman–Crippen LogP) is 4.96. The Labute approximate surface area is 204 Å². The molecule has 4 rings (SSSR count). The molecule has 1 N–H and O–H groups in total. The first-order valence-corrected chi connectivity index (χ1v) is 11.9. The molecule has 1 saturated heterocycles. The van der Waals surface area contributed by atoms with Crippen LogP contribution in [0.5, 0.6) is 0 Å². The largest absolute Gasteiger partial charge is 0.416 e. The molecule has 1 aliphatic rings. The van der Waals surface area contributed by atoms with E-state index < -0.39 is 11.7 Å². The summed E-state index contributed by atoms with van der Waals surface area (Å²) >= 11 is 0. The molecule has 1 fully saturated rings. The number of anilines is 1.